The van der Waals surface area contributed by atoms with Gasteiger partial charge in [0.1, 0.15) is 0 Å². The summed E-state index contributed by atoms with van der Waals surface area (Å²) in [6, 6.07) is 30.5. The summed E-state index contributed by atoms with van der Waals surface area (Å²) in [6.45, 7) is 0.742. The van der Waals surface area contributed by atoms with Gasteiger partial charge < -0.3 is 14.4 Å². The largest absolute Gasteiger partial charge is 0.454 e. The van der Waals surface area contributed by atoms with E-state index < -0.39 is 0 Å². The van der Waals surface area contributed by atoms with Crippen LogP contribution in [0.25, 0.3) is 11.1 Å². The molecule has 0 bridgehead atoms. The van der Waals surface area contributed by atoms with Crippen molar-refractivity contribution in [3.8, 4) is 22.6 Å². The minimum atomic E-state index is 0.0879. The zero-order valence-electron chi connectivity index (χ0n) is 19.8. The molecule has 1 aliphatic carbocycles. The lowest BCUT2D eigenvalue weighted by Crippen LogP contribution is -2.41. The number of amides is 1. The Labute approximate surface area is 216 Å². The van der Waals surface area contributed by atoms with Crippen molar-refractivity contribution in [3.05, 3.63) is 118 Å². The number of fused-ring (bicyclic) bond motifs is 2. The average Bonchev–Trinajstić information content (AvgIpc) is 3.54. The summed E-state index contributed by atoms with van der Waals surface area (Å²) in [7, 11) is 0. The van der Waals surface area contributed by atoms with Crippen molar-refractivity contribution < 1.29 is 14.3 Å². The van der Waals surface area contributed by atoms with Crippen LogP contribution in [0, 0.1) is 0 Å². The van der Waals surface area contributed by atoms with Gasteiger partial charge in [-0.1, -0.05) is 78.3 Å². The predicted molar refractivity (Wildman–Crippen MR) is 141 cm³/mol. The Morgan fingerprint density at radius 3 is 2.33 bits per heavy atom. The number of benzene rings is 4. The first-order valence-corrected chi connectivity index (χ1v) is 12.6. The molecule has 0 N–H and O–H groups in total. The molecule has 0 saturated carbocycles. The molecule has 5 heteroatoms. The lowest BCUT2D eigenvalue weighted by molar-refractivity contribution is -0.133. The number of rotatable bonds is 6. The zero-order valence-corrected chi connectivity index (χ0v) is 20.6. The first kappa shape index (κ1) is 22.7. The maximum Gasteiger partial charge on any atom is 0.231 e. The fourth-order valence-corrected chi connectivity index (χ4v) is 5.48. The maximum atomic E-state index is 14.0. The highest BCUT2D eigenvalue weighted by Crippen LogP contribution is 2.34. The van der Waals surface area contributed by atoms with Gasteiger partial charge in [-0.05, 0) is 70.5 Å². The lowest BCUT2D eigenvalue weighted by atomic mass is 9.97. The monoisotopic (exact) mass is 495 g/mol. The van der Waals surface area contributed by atoms with Gasteiger partial charge in [0.2, 0.25) is 12.7 Å². The predicted octanol–water partition coefficient (Wildman–Crippen LogP) is 6.47. The van der Waals surface area contributed by atoms with Crippen molar-refractivity contribution in [3.63, 3.8) is 0 Å². The topological polar surface area (TPSA) is 38.8 Å². The van der Waals surface area contributed by atoms with Crippen molar-refractivity contribution >= 4 is 17.5 Å². The van der Waals surface area contributed by atoms with Gasteiger partial charge in [-0.3, -0.25) is 4.79 Å². The van der Waals surface area contributed by atoms with Crippen molar-refractivity contribution in [2.75, 3.05) is 6.79 Å². The van der Waals surface area contributed by atoms with E-state index in [1.54, 1.807) is 0 Å². The van der Waals surface area contributed by atoms with Crippen LogP contribution in [0.3, 0.4) is 0 Å². The number of ether oxygens (including phenoxy) is 2. The summed E-state index contributed by atoms with van der Waals surface area (Å²) in [5.74, 6) is 1.57. The summed E-state index contributed by atoms with van der Waals surface area (Å²) < 4.78 is 11.1. The normalized spacial score (nSPS) is 14.0. The molecule has 1 amide bonds. The van der Waals surface area contributed by atoms with Crippen molar-refractivity contribution in [2.24, 2.45) is 0 Å². The van der Waals surface area contributed by atoms with Crippen LogP contribution in [-0.4, -0.2) is 23.6 Å². The Kier molecular flexibility index (Phi) is 6.12. The molecular weight excluding hydrogens is 470 g/mol. The Morgan fingerprint density at radius 1 is 0.833 bits per heavy atom. The van der Waals surface area contributed by atoms with Gasteiger partial charge in [0, 0.05) is 17.6 Å². The molecule has 0 radical (unpaired) electrons. The van der Waals surface area contributed by atoms with E-state index in [-0.39, 0.29) is 25.2 Å². The second-order valence-corrected chi connectivity index (χ2v) is 9.82. The average molecular weight is 496 g/mol. The molecule has 1 aliphatic heterocycles. The minimum absolute atomic E-state index is 0.0879. The third-order valence-corrected chi connectivity index (χ3v) is 7.31. The highest BCUT2D eigenvalue weighted by molar-refractivity contribution is 6.30. The number of halogens is 1. The molecular formula is C31H26ClNO3. The molecule has 4 aromatic rings. The Hall–Kier alpha value is -3.76. The molecule has 4 aromatic carbocycles. The summed E-state index contributed by atoms with van der Waals surface area (Å²) in [4.78, 5) is 16.0. The summed E-state index contributed by atoms with van der Waals surface area (Å²) in [5.41, 5.74) is 6.71. The van der Waals surface area contributed by atoms with E-state index >= 15 is 0 Å². The standard InChI is InChI=1S/C31H26ClNO3/c32-26-11-12-28(22-6-2-1-3-7-22)25(15-26)18-31(34)33(27-16-23-8-4-5-9-24(23)17-27)19-21-10-13-29-30(14-21)36-20-35-29/h1-15,27H,16-20H2. The Bertz CT molecular complexity index is 1390. The first-order valence-electron chi connectivity index (χ1n) is 12.2. The zero-order chi connectivity index (χ0) is 24.5. The van der Waals surface area contributed by atoms with Crippen molar-refractivity contribution in [1.82, 2.24) is 4.90 Å². The molecule has 0 spiro atoms. The molecule has 0 fully saturated rings. The second-order valence-electron chi connectivity index (χ2n) is 9.38. The molecule has 2 aliphatic rings. The molecule has 36 heavy (non-hydrogen) atoms. The van der Waals surface area contributed by atoms with Crippen LogP contribution >= 0.6 is 11.6 Å². The van der Waals surface area contributed by atoms with Gasteiger partial charge in [-0.25, -0.2) is 0 Å². The third-order valence-electron chi connectivity index (χ3n) is 7.07. The van der Waals surface area contributed by atoms with E-state index in [1.807, 2.05) is 59.5 Å². The Balaban J connectivity index is 1.32. The maximum absolute atomic E-state index is 14.0. The number of hydrogen-bond donors (Lipinski definition) is 0. The summed E-state index contributed by atoms with van der Waals surface area (Å²) >= 11 is 6.39. The number of nitrogens with zero attached hydrogens (tertiary/aromatic N) is 1. The van der Waals surface area contributed by atoms with Gasteiger partial charge in [0.25, 0.3) is 0 Å². The van der Waals surface area contributed by atoms with Crippen molar-refractivity contribution in [1.29, 1.82) is 0 Å². The van der Waals surface area contributed by atoms with Gasteiger partial charge in [0.15, 0.2) is 11.5 Å². The van der Waals surface area contributed by atoms with Crippen LogP contribution in [0.15, 0.2) is 91.0 Å². The number of carbonyl (C=O) groups is 1. The second kappa shape index (κ2) is 9.71. The van der Waals surface area contributed by atoms with Gasteiger partial charge in [-0.15, -0.1) is 0 Å². The summed E-state index contributed by atoms with van der Waals surface area (Å²) in [6.07, 6.45) is 1.99. The molecule has 6 rings (SSSR count). The minimum Gasteiger partial charge on any atom is -0.454 e. The smallest absolute Gasteiger partial charge is 0.231 e. The van der Waals surface area contributed by atoms with Crippen LogP contribution in [0.1, 0.15) is 22.3 Å². The third kappa shape index (κ3) is 4.57. The highest BCUT2D eigenvalue weighted by Gasteiger charge is 2.30. The molecule has 0 unspecified atom stereocenters. The van der Waals surface area contributed by atoms with Crippen LogP contribution < -0.4 is 9.47 Å². The fraction of sp³-hybridized carbons (Fsp3) is 0.194. The molecule has 0 atom stereocenters. The van der Waals surface area contributed by atoms with Crippen LogP contribution in [-0.2, 0) is 30.6 Å². The quantitative estimate of drug-likeness (QED) is 0.307. The van der Waals surface area contributed by atoms with Crippen LogP contribution in [0.2, 0.25) is 5.02 Å². The van der Waals surface area contributed by atoms with Gasteiger partial charge in [-0.2, -0.15) is 0 Å². The van der Waals surface area contributed by atoms with Crippen molar-refractivity contribution in [2.45, 2.75) is 31.8 Å². The van der Waals surface area contributed by atoms with E-state index in [0.717, 1.165) is 46.6 Å². The summed E-state index contributed by atoms with van der Waals surface area (Å²) in [5, 5.41) is 0.632. The first-order chi connectivity index (χ1) is 17.6. The molecule has 1 heterocycles. The number of carbonyl (C=O) groups excluding carboxylic acids is 1. The van der Waals surface area contributed by atoms with Gasteiger partial charge >= 0.3 is 0 Å². The van der Waals surface area contributed by atoms with E-state index in [2.05, 4.69) is 36.4 Å². The van der Waals surface area contributed by atoms with E-state index in [0.29, 0.717) is 11.6 Å². The van der Waals surface area contributed by atoms with Crippen LogP contribution in [0.5, 0.6) is 11.5 Å². The van der Waals surface area contributed by atoms with Crippen LogP contribution in [0.4, 0.5) is 0 Å². The highest BCUT2D eigenvalue weighted by atomic mass is 35.5. The van der Waals surface area contributed by atoms with E-state index in [9.17, 15) is 4.79 Å². The molecule has 4 nitrogen and oxygen atoms in total. The lowest BCUT2D eigenvalue weighted by Gasteiger charge is -2.30. The number of hydrogen-bond acceptors (Lipinski definition) is 3. The fourth-order valence-electron chi connectivity index (χ4n) is 5.29. The van der Waals surface area contributed by atoms with E-state index in [1.165, 1.54) is 11.1 Å². The Morgan fingerprint density at radius 2 is 1.56 bits per heavy atom. The molecule has 180 valence electrons. The van der Waals surface area contributed by atoms with E-state index in [4.69, 9.17) is 21.1 Å². The van der Waals surface area contributed by atoms with Gasteiger partial charge in [0.05, 0.1) is 6.42 Å². The molecule has 0 saturated heterocycles. The SMILES string of the molecule is O=C(Cc1cc(Cl)ccc1-c1ccccc1)N(Cc1ccc2c(c1)OCO2)C1Cc2ccccc2C1. The molecule has 0 aromatic heterocycles.